The molecule has 4 heteroatoms. The average molecular weight is 327 g/mol. The van der Waals surface area contributed by atoms with Gasteiger partial charge in [0.05, 0.1) is 25.7 Å². The number of benzene rings is 2. The lowest BCUT2D eigenvalue weighted by Gasteiger charge is -2.22. The molecule has 128 valence electrons. The van der Waals surface area contributed by atoms with Crippen molar-refractivity contribution < 1.29 is 14.6 Å². The van der Waals surface area contributed by atoms with E-state index in [0.717, 1.165) is 16.9 Å². The van der Waals surface area contributed by atoms with Crippen LogP contribution in [-0.4, -0.2) is 24.2 Å². The van der Waals surface area contributed by atoms with Crippen molar-refractivity contribution in [1.82, 2.24) is 5.32 Å². The molecule has 2 atom stereocenters. The number of hydrogen-bond acceptors (Lipinski definition) is 3. The molecule has 2 rings (SSSR count). The quantitative estimate of drug-likeness (QED) is 0.820. The van der Waals surface area contributed by atoms with Gasteiger partial charge in [0.25, 0.3) is 0 Å². The molecule has 0 heterocycles. The number of ether oxygens (including phenoxy) is 1. The van der Waals surface area contributed by atoms with Crippen molar-refractivity contribution in [2.75, 3.05) is 7.11 Å². The van der Waals surface area contributed by atoms with Crippen LogP contribution >= 0.6 is 0 Å². The number of aliphatic hydroxyl groups is 1. The van der Waals surface area contributed by atoms with Gasteiger partial charge in [-0.1, -0.05) is 56.3 Å². The highest BCUT2D eigenvalue weighted by atomic mass is 16.5. The van der Waals surface area contributed by atoms with E-state index in [2.05, 4.69) is 5.32 Å². The highest BCUT2D eigenvalue weighted by Gasteiger charge is 2.20. The summed E-state index contributed by atoms with van der Waals surface area (Å²) in [6.45, 7) is 3.80. The third kappa shape index (κ3) is 4.83. The van der Waals surface area contributed by atoms with Crippen LogP contribution in [-0.2, 0) is 4.79 Å². The normalized spacial score (nSPS) is 13.4. The first-order valence-electron chi connectivity index (χ1n) is 8.17. The number of methoxy groups -OCH3 is 1. The van der Waals surface area contributed by atoms with Gasteiger partial charge in [0.15, 0.2) is 0 Å². The molecule has 2 N–H and O–H groups in total. The van der Waals surface area contributed by atoms with Gasteiger partial charge in [-0.05, 0) is 29.2 Å². The monoisotopic (exact) mass is 327 g/mol. The van der Waals surface area contributed by atoms with Crippen LogP contribution in [0.3, 0.4) is 0 Å². The Morgan fingerprint density at radius 2 is 1.62 bits per heavy atom. The van der Waals surface area contributed by atoms with E-state index in [0.29, 0.717) is 0 Å². The maximum absolute atomic E-state index is 12.3. The van der Waals surface area contributed by atoms with Crippen molar-refractivity contribution in [1.29, 1.82) is 0 Å². The molecule has 0 spiro atoms. The Balaban J connectivity index is 2.21. The summed E-state index contributed by atoms with van der Waals surface area (Å²) in [6, 6.07) is 17.2. The molecule has 2 aromatic rings. The van der Waals surface area contributed by atoms with Gasteiger partial charge in [-0.3, -0.25) is 4.79 Å². The zero-order valence-electron chi connectivity index (χ0n) is 14.4. The molecule has 0 saturated heterocycles. The minimum absolute atomic E-state index is 0.0481. The molecule has 0 aromatic heterocycles. The molecule has 24 heavy (non-hydrogen) atoms. The topological polar surface area (TPSA) is 58.6 Å². The average Bonchev–Trinajstić information content (AvgIpc) is 2.60. The van der Waals surface area contributed by atoms with E-state index >= 15 is 0 Å². The lowest BCUT2D eigenvalue weighted by molar-refractivity contribution is -0.124. The predicted octanol–water partition coefficient (Wildman–Crippen LogP) is 3.31. The van der Waals surface area contributed by atoms with E-state index in [9.17, 15) is 9.90 Å². The molecule has 0 radical (unpaired) electrons. The van der Waals surface area contributed by atoms with Crippen LogP contribution in [0.4, 0.5) is 0 Å². The summed E-state index contributed by atoms with van der Waals surface area (Å²) in [5.41, 5.74) is 1.96. The lowest BCUT2D eigenvalue weighted by atomic mass is 9.97. The van der Waals surface area contributed by atoms with E-state index < -0.39 is 6.10 Å². The van der Waals surface area contributed by atoms with Crippen LogP contribution in [0.1, 0.15) is 37.4 Å². The summed E-state index contributed by atoms with van der Waals surface area (Å²) in [5, 5.41) is 13.0. The fourth-order valence-corrected chi connectivity index (χ4v) is 2.45. The SMILES string of the molecule is COc1ccc(C(NC(=O)CC(O)C(C)C)c2ccccc2)cc1. The van der Waals surface area contributed by atoms with Crippen LogP contribution in [0.2, 0.25) is 0 Å². The third-order valence-corrected chi connectivity index (χ3v) is 4.05. The van der Waals surface area contributed by atoms with Crippen LogP contribution in [0, 0.1) is 5.92 Å². The van der Waals surface area contributed by atoms with Crippen molar-refractivity contribution >= 4 is 5.91 Å². The van der Waals surface area contributed by atoms with Gasteiger partial charge in [-0.15, -0.1) is 0 Å². The van der Waals surface area contributed by atoms with Crippen molar-refractivity contribution in [2.45, 2.75) is 32.4 Å². The molecule has 2 unspecified atom stereocenters. The van der Waals surface area contributed by atoms with E-state index in [-0.39, 0.29) is 24.3 Å². The van der Waals surface area contributed by atoms with Gasteiger partial charge < -0.3 is 15.2 Å². The van der Waals surface area contributed by atoms with Gasteiger partial charge in [0.2, 0.25) is 5.91 Å². The molecule has 1 amide bonds. The Morgan fingerprint density at radius 1 is 1.04 bits per heavy atom. The highest BCUT2D eigenvalue weighted by Crippen LogP contribution is 2.24. The number of carbonyl (C=O) groups is 1. The van der Waals surface area contributed by atoms with E-state index in [1.165, 1.54) is 0 Å². The maximum Gasteiger partial charge on any atom is 0.223 e. The second kappa shape index (κ2) is 8.50. The number of rotatable bonds is 7. The van der Waals surface area contributed by atoms with Gasteiger partial charge in [-0.25, -0.2) is 0 Å². The lowest BCUT2D eigenvalue weighted by Crippen LogP contribution is -2.33. The minimum atomic E-state index is -0.641. The van der Waals surface area contributed by atoms with E-state index in [1.54, 1.807) is 7.11 Å². The Bertz CT molecular complexity index is 638. The van der Waals surface area contributed by atoms with Crippen LogP contribution in [0.5, 0.6) is 5.75 Å². The van der Waals surface area contributed by atoms with Crippen LogP contribution in [0.15, 0.2) is 54.6 Å². The Hall–Kier alpha value is -2.33. The maximum atomic E-state index is 12.3. The van der Waals surface area contributed by atoms with Crippen molar-refractivity contribution in [3.63, 3.8) is 0 Å². The standard InChI is InChI=1S/C20H25NO3/c1-14(2)18(22)13-19(23)21-20(15-7-5-4-6-8-15)16-9-11-17(24-3)12-10-16/h4-12,14,18,20,22H,13H2,1-3H3,(H,21,23). The summed E-state index contributed by atoms with van der Waals surface area (Å²) in [5.74, 6) is 0.653. The molecule has 0 aliphatic heterocycles. The summed E-state index contributed by atoms with van der Waals surface area (Å²) in [7, 11) is 1.62. The molecular formula is C20H25NO3. The minimum Gasteiger partial charge on any atom is -0.497 e. The molecule has 0 aliphatic carbocycles. The number of nitrogens with one attached hydrogen (secondary N) is 1. The molecular weight excluding hydrogens is 302 g/mol. The van der Waals surface area contributed by atoms with Gasteiger partial charge in [0.1, 0.15) is 5.75 Å². The smallest absolute Gasteiger partial charge is 0.223 e. The molecule has 2 aromatic carbocycles. The Morgan fingerprint density at radius 3 is 2.17 bits per heavy atom. The zero-order valence-corrected chi connectivity index (χ0v) is 14.4. The van der Waals surface area contributed by atoms with Crippen molar-refractivity contribution in [3.8, 4) is 5.75 Å². The summed E-state index contributed by atoms with van der Waals surface area (Å²) in [4.78, 5) is 12.3. The van der Waals surface area contributed by atoms with E-state index in [4.69, 9.17) is 4.74 Å². The predicted molar refractivity (Wildman–Crippen MR) is 94.9 cm³/mol. The summed E-state index contributed by atoms with van der Waals surface area (Å²) < 4.78 is 5.19. The van der Waals surface area contributed by atoms with Crippen LogP contribution < -0.4 is 10.1 Å². The third-order valence-electron chi connectivity index (χ3n) is 4.05. The number of aliphatic hydroxyl groups excluding tert-OH is 1. The highest BCUT2D eigenvalue weighted by molar-refractivity contribution is 5.77. The Labute approximate surface area is 143 Å². The first kappa shape index (κ1) is 18.0. The number of carbonyl (C=O) groups excluding carboxylic acids is 1. The van der Waals surface area contributed by atoms with Gasteiger partial charge in [0, 0.05) is 0 Å². The number of amides is 1. The fourth-order valence-electron chi connectivity index (χ4n) is 2.45. The van der Waals surface area contributed by atoms with Crippen molar-refractivity contribution in [2.24, 2.45) is 5.92 Å². The molecule has 0 bridgehead atoms. The molecule has 0 aliphatic rings. The van der Waals surface area contributed by atoms with Crippen LogP contribution in [0.25, 0.3) is 0 Å². The Kier molecular flexibility index (Phi) is 6.38. The second-order valence-corrected chi connectivity index (χ2v) is 6.20. The van der Waals surface area contributed by atoms with Crippen molar-refractivity contribution in [3.05, 3.63) is 65.7 Å². The zero-order chi connectivity index (χ0) is 17.5. The largest absolute Gasteiger partial charge is 0.497 e. The second-order valence-electron chi connectivity index (χ2n) is 6.20. The van der Waals surface area contributed by atoms with Gasteiger partial charge in [-0.2, -0.15) is 0 Å². The van der Waals surface area contributed by atoms with E-state index in [1.807, 2.05) is 68.4 Å². The first-order chi connectivity index (χ1) is 11.5. The molecule has 0 fully saturated rings. The number of hydrogen-bond donors (Lipinski definition) is 2. The molecule has 0 saturated carbocycles. The van der Waals surface area contributed by atoms with Gasteiger partial charge >= 0.3 is 0 Å². The summed E-state index contributed by atoms with van der Waals surface area (Å²) in [6.07, 6.45) is -0.547. The molecule has 4 nitrogen and oxygen atoms in total. The fraction of sp³-hybridized carbons (Fsp3) is 0.350. The summed E-state index contributed by atoms with van der Waals surface area (Å²) >= 11 is 0. The first-order valence-corrected chi connectivity index (χ1v) is 8.17.